The fourth-order valence-electron chi connectivity index (χ4n) is 2.50. The normalized spacial score (nSPS) is 21.8. The molecule has 0 bridgehead atoms. The highest BCUT2D eigenvalue weighted by atomic mass is 16.7. The highest BCUT2D eigenvalue weighted by Gasteiger charge is 2.42. The van der Waals surface area contributed by atoms with E-state index >= 15 is 0 Å². The Morgan fingerprint density at radius 3 is 2.88 bits per heavy atom. The lowest BCUT2D eigenvalue weighted by Gasteiger charge is -2.35. The Labute approximate surface area is 94.2 Å². The number of hydrogen-bond acceptors (Lipinski definition) is 4. The highest BCUT2D eigenvalue weighted by Crippen LogP contribution is 2.42. The van der Waals surface area contributed by atoms with Crippen LogP contribution in [0.3, 0.4) is 0 Å². The molecular formula is C12H15NO3. The molecule has 0 saturated carbocycles. The fraction of sp³-hybridized carbons (Fsp3) is 0.500. The molecule has 2 aliphatic heterocycles. The number of para-hydroxylation sites is 1. The van der Waals surface area contributed by atoms with E-state index in [1.54, 1.807) is 0 Å². The van der Waals surface area contributed by atoms with Gasteiger partial charge in [0.15, 0.2) is 5.79 Å². The van der Waals surface area contributed by atoms with Crippen LogP contribution in [-0.4, -0.2) is 24.9 Å². The van der Waals surface area contributed by atoms with Crippen molar-refractivity contribution in [3.63, 3.8) is 0 Å². The van der Waals surface area contributed by atoms with Crippen molar-refractivity contribution in [1.29, 1.82) is 0 Å². The predicted molar refractivity (Wildman–Crippen MR) is 59.1 cm³/mol. The zero-order valence-corrected chi connectivity index (χ0v) is 9.03. The van der Waals surface area contributed by atoms with E-state index in [2.05, 4.69) is 5.32 Å². The van der Waals surface area contributed by atoms with E-state index in [1.807, 2.05) is 18.2 Å². The smallest absolute Gasteiger partial charge is 0.198 e. The Morgan fingerprint density at radius 1 is 1.31 bits per heavy atom. The molecule has 3 rings (SSSR count). The summed E-state index contributed by atoms with van der Waals surface area (Å²) in [4.78, 5) is 0. The van der Waals surface area contributed by atoms with Crippen LogP contribution in [0.25, 0.3) is 0 Å². The molecule has 0 unspecified atom stereocenters. The first-order valence-corrected chi connectivity index (χ1v) is 5.61. The van der Waals surface area contributed by atoms with E-state index in [0.717, 1.165) is 29.8 Å². The second kappa shape index (κ2) is 3.73. The molecule has 1 saturated heterocycles. The number of anilines is 1. The van der Waals surface area contributed by atoms with Crippen LogP contribution in [0.15, 0.2) is 18.2 Å². The molecule has 2 heterocycles. The average molecular weight is 221 g/mol. The van der Waals surface area contributed by atoms with Gasteiger partial charge in [-0.05, 0) is 0 Å². The zero-order valence-electron chi connectivity index (χ0n) is 9.03. The van der Waals surface area contributed by atoms with Crippen molar-refractivity contribution in [2.24, 2.45) is 0 Å². The van der Waals surface area contributed by atoms with Crippen molar-refractivity contribution in [3.05, 3.63) is 29.3 Å². The van der Waals surface area contributed by atoms with Crippen LogP contribution in [0.5, 0.6) is 0 Å². The third-order valence-electron chi connectivity index (χ3n) is 3.24. The maximum atomic E-state index is 9.30. The monoisotopic (exact) mass is 221 g/mol. The van der Waals surface area contributed by atoms with Crippen LogP contribution in [0.2, 0.25) is 0 Å². The molecule has 0 aromatic heterocycles. The molecule has 1 aromatic rings. The molecule has 1 fully saturated rings. The molecule has 0 amide bonds. The second-order valence-corrected chi connectivity index (χ2v) is 4.12. The number of hydrogen-bond donors (Lipinski definition) is 2. The van der Waals surface area contributed by atoms with E-state index in [0.29, 0.717) is 13.2 Å². The Morgan fingerprint density at radius 2 is 2.12 bits per heavy atom. The van der Waals surface area contributed by atoms with E-state index in [4.69, 9.17) is 9.47 Å². The summed E-state index contributed by atoms with van der Waals surface area (Å²) in [6.45, 7) is 2.13. The molecule has 16 heavy (non-hydrogen) atoms. The maximum Gasteiger partial charge on any atom is 0.198 e. The van der Waals surface area contributed by atoms with Gasteiger partial charge < -0.3 is 19.9 Å². The van der Waals surface area contributed by atoms with Crippen molar-refractivity contribution in [3.8, 4) is 0 Å². The lowest BCUT2D eigenvalue weighted by molar-refractivity contribution is -0.169. The van der Waals surface area contributed by atoms with Crippen LogP contribution < -0.4 is 5.32 Å². The number of nitrogens with one attached hydrogen (secondary N) is 1. The van der Waals surface area contributed by atoms with Crippen LogP contribution in [0.4, 0.5) is 5.69 Å². The summed E-state index contributed by atoms with van der Waals surface area (Å²) in [7, 11) is 0. The van der Waals surface area contributed by atoms with E-state index in [1.165, 1.54) is 0 Å². The number of ether oxygens (including phenoxy) is 2. The summed E-state index contributed by atoms with van der Waals surface area (Å²) in [6, 6.07) is 5.86. The highest BCUT2D eigenvalue weighted by molar-refractivity contribution is 5.61. The van der Waals surface area contributed by atoms with E-state index in [-0.39, 0.29) is 6.61 Å². The van der Waals surface area contributed by atoms with Gasteiger partial charge in [-0.15, -0.1) is 0 Å². The summed E-state index contributed by atoms with van der Waals surface area (Å²) in [6.07, 6.45) is 0.814. The summed E-state index contributed by atoms with van der Waals surface area (Å²) in [5, 5.41) is 12.6. The van der Waals surface area contributed by atoms with Gasteiger partial charge in [-0.3, -0.25) is 0 Å². The van der Waals surface area contributed by atoms with Crippen molar-refractivity contribution in [2.45, 2.75) is 18.8 Å². The minimum Gasteiger partial charge on any atom is -0.392 e. The van der Waals surface area contributed by atoms with Gasteiger partial charge >= 0.3 is 0 Å². The van der Waals surface area contributed by atoms with Gasteiger partial charge in [-0.25, -0.2) is 0 Å². The lowest BCUT2D eigenvalue weighted by atomic mass is 9.94. The van der Waals surface area contributed by atoms with Gasteiger partial charge in [0.25, 0.3) is 0 Å². The van der Waals surface area contributed by atoms with Gasteiger partial charge in [0.1, 0.15) is 0 Å². The molecule has 86 valence electrons. The third kappa shape index (κ3) is 1.34. The number of benzene rings is 1. The molecular weight excluding hydrogens is 206 g/mol. The number of rotatable bonds is 1. The van der Waals surface area contributed by atoms with Gasteiger partial charge in [0.05, 0.1) is 19.8 Å². The van der Waals surface area contributed by atoms with Crippen molar-refractivity contribution >= 4 is 5.69 Å². The minimum absolute atomic E-state index is 0.0340. The van der Waals surface area contributed by atoms with Gasteiger partial charge in [0, 0.05) is 29.8 Å². The SMILES string of the molecule is OCc1cccc2c1NCCC21OCCO1. The summed E-state index contributed by atoms with van der Waals surface area (Å²) in [5.74, 6) is -0.578. The van der Waals surface area contributed by atoms with E-state index in [9.17, 15) is 5.11 Å². The first kappa shape index (κ1) is 10.1. The van der Waals surface area contributed by atoms with Gasteiger partial charge in [-0.2, -0.15) is 0 Å². The average Bonchev–Trinajstić information content (AvgIpc) is 2.78. The van der Waals surface area contributed by atoms with Gasteiger partial charge in [0.2, 0.25) is 0 Å². The largest absolute Gasteiger partial charge is 0.392 e. The van der Waals surface area contributed by atoms with Crippen molar-refractivity contribution in [2.75, 3.05) is 25.1 Å². The van der Waals surface area contributed by atoms with Crippen molar-refractivity contribution < 1.29 is 14.6 Å². The Kier molecular flexibility index (Phi) is 2.35. The summed E-state index contributed by atoms with van der Waals surface area (Å²) >= 11 is 0. The first-order chi connectivity index (χ1) is 7.86. The van der Waals surface area contributed by atoms with Crippen LogP contribution in [0.1, 0.15) is 17.5 Å². The Hall–Kier alpha value is -1.10. The molecule has 4 nitrogen and oxygen atoms in total. The molecule has 0 radical (unpaired) electrons. The molecule has 0 atom stereocenters. The topological polar surface area (TPSA) is 50.7 Å². The fourth-order valence-corrected chi connectivity index (χ4v) is 2.50. The maximum absolute atomic E-state index is 9.30. The molecule has 4 heteroatoms. The van der Waals surface area contributed by atoms with Crippen LogP contribution in [0, 0.1) is 0 Å². The Bertz CT molecular complexity index is 399. The first-order valence-electron chi connectivity index (χ1n) is 5.61. The second-order valence-electron chi connectivity index (χ2n) is 4.12. The number of aliphatic hydroxyl groups excluding tert-OH is 1. The molecule has 1 spiro atoms. The molecule has 2 N–H and O–H groups in total. The number of fused-ring (bicyclic) bond motifs is 2. The lowest BCUT2D eigenvalue weighted by Crippen LogP contribution is -2.35. The Balaban J connectivity index is 2.11. The molecule has 0 aliphatic carbocycles. The molecule has 2 aliphatic rings. The summed E-state index contributed by atoms with van der Waals surface area (Å²) < 4.78 is 11.5. The van der Waals surface area contributed by atoms with E-state index < -0.39 is 5.79 Å². The van der Waals surface area contributed by atoms with Crippen LogP contribution >= 0.6 is 0 Å². The number of aliphatic hydroxyl groups is 1. The predicted octanol–water partition coefficient (Wildman–Crippen LogP) is 1.19. The quantitative estimate of drug-likeness (QED) is 0.748. The standard InChI is InChI=1S/C12H15NO3/c14-8-9-2-1-3-10-11(9)13-5-4-12(10)15-6-7-16-12/h1-3,13-14H,4-8H2. The minimum atomic E-state index is -0.578. The van der Waals surface area contributed by atoms with Crippen molar-refractivity contribution in [1.82, 2.24) is 0 Å². The van der Waals surface area contributed by atoms with Crippen LogP contribution in [-0.2, 0) is 21.9 Å². The van der Waals surface area contributed by atoms with Gasteiger partial charge in [-0.1, -0.05) is 18.2 Å². The molecule has 1 aromatic carbocycles. The summed E-state index contributed by atoms with van der Waals surface area (Å²) in [5.41, 5.74) is 2.89. The zero-order chi connectivity index (χ0) is 11.0. The third-order valence-corrected chi connectivity index (χ3v) is 3.24.